The topological polar surface area (TPSA) is 90.9 Å². The molecule has 0 spiro atoms. The molecule has 2 rings (SSSR count). The molecule has 0 saturated heterocycles. The molecule has 0 unspecified atom stereocenters. The molecule has 0 bridgehead atoms. The molecule has 2 aromatic rings. The van der Waals surface area contributed by atoms with E-state index in [0.717, 1.165) is 11.8 Å². The van der Waals surface area contributed by atoms with Crippen LogP contribution in [-0.4, -0.2) is 38.2 Å². The zero-order valence-corrected chi connectivity index (χ0v) is 17.2. The maximum atomic E-state index is 12.2. The van der Waals surface area contributed by atoms with Gasteiger partial charge in [0.2, 0.25) is 0 Å². The summed E-state index contributed by atoms with van der Waals surface area (Å²) < 4.78 is 15.3. The van der Waals surface area contributed by atoms with Crippen LogP contribution in [0.5, 0.6) is 5.75 Å². The zero-order valence-electron chi connectivity index (χ0n) is 16.5. The Hall–Kier alpha value is -3.32. The van der Waals surface area contributed by atoms with E-state index in [1.165, 1.54) is 18.2 Å². The van der Waals surface area contributed by atoms with Gasteiger partial charge in [0.05, 0.1) is 29.4 Å². The third kappa shape index (κ3) is 6.93. The van der Waals surface area contributed by atoms with Crippen LogP contribution in [0.25, 0.3) is 0 Å². The summed E-state index contributed by atoms with van der Waals surface area (Å²) in [6.45, 7) is 3.69. The first-order chi connectivity index (χ1) is 14.4. The predicted molar refractivity (Wildman–Crippen MR) is 113 cm³/mol. The van der Waals surface area contributed by atoms with Crippen LogP contribution in [-0.2, 0) is 14.3 Å². The third-order valence-corrected chi connectivity index (χ3v) is 4.26. The van der Waals surface area contributed by atoms with Gasteiger partial charge in [0.25, 0.3) is 0 Å². The maximum Gasteiger partial charge on any atom is 0.343 e. The number of rotatable bonds is 10. The van der Waals surface area contributed by atoms with Crippen LogP contribution in [0.1, 0.15) is 33.6 Å². The standard InChI is InChI=1S/C22H22ClNO6/c1-3-20(25)28-12-4-5-13-29-21(26)16-8-11-19(18(23)14-16)30-22(27)15-6-9-17(24-2)10-7-15/h3,6-11,14,24H,1,4-5,12-13H2,2H3. The number of carbonyl (C=O) groups excluding carboxylic acids is 3. The van der Waals surface area contributed by atoms with Crippen LogP contribution in [0, 0.1) is 0 Å². The van der Waals surface area contributed by atoms with E-state index in [-0.39, 0.29) is 29.5 Å². The lowest BCUT2D eigenvalue weighted by molar-refractivity contribution is -0.137. The smallest absolute Gasteiger partial charge is 0.343 e. The Kier molecular flexibility index (Phi) is 8.90. The average molecular weight is 432 g/mol. The first-order valence-electron chi connectivity index (χ1n) is 9.20. The van der Waals surface area contributed by atoms with Gasteiger partial charge in [0.1, 0.15) is 5.75 Å². The molecular formula is C22H22ClNO6. The van der Waals surface area contributed by atoms with E-state index >= 15 is 0 Å². The fraction of sp³-hybridized carbons (Fsp3) is 0.227. The minimum absolute atomic E-state index is 0.112. The van der Waals surface area contributed by atoms with Crippen molar-refractivity contribution in [3.05, 3.63) is 71.3 Å². The number of halogens is 1. The van der Waals surface area contributed by atoms with E-state index < -0.39 is 17.9 Å². The second-order valence-corrected chi connectivity index (χ2v) is 6.48. The van der Waals surface area contributed by atoms with Gasteiger partial charge < -0.3 is 19.5 Å². The Labute approximate surface area is 179 Å². The molecule has 1 N–H and O–H groups in total. The fourth-order valence-electron chi connectivity index (χ4n) is 2.33. The van der Waals surface area contributed by atoms with Crippen molar-refractivity contribution < 1.29 is 28.6 Å². The Morgan fingerprint density at radius 1 is 0.967 bits per heavy atom. The lowest BCUT2D eigenvalue weighted by atomic mass is 10.2. The first kappa shape index (κ1) is 23.0. The zero-order chi connectivity index (χ0) is 21.9. The van der Waals surface area contributed by atoms with E-state index in [1.807, 2.05) is 0 Å². The van der Waals surface area contributed by atoms with E-state index in [9.17, 15) is 14.4 Å². The van der Waals surface area contributed by atoms with Crippen molar-refractivity contribution in [3.63, 3.8) is 0 Å². The number of hydrogen-bond acceptors (Lipinski definition) is 7. The van der Waals surface area contributed by atoms with Crippen molar-refractivity contribution in [2.45, 2.75) is 12.8 Å². The highest BCUT2D eigenvalue weighted by Gasteiger charge is 2.14. The van der Waals surface area contributed by atoms with Gasteiger partial charge in [-0.1, -0.05) is 18.2 Å². The molecule has 0 saturated carbocycles. The molecule has 0 atom stereocenters. The Morgan fingerprint density at radius 2 is 1.60 bits per heavy atom. The molecule has 0 aliphatic carbocycles. The summed E-state index contributed by atoms with van der Waals surface area (Å²) in [6.07, 6.45) is 2.17. The quantitative estimate of drug-likeness (QED) is 0.260. The molecule has 0 aromatic heterocycles. The normalized spacial score (nSPS) is 10.1. The first-order valence-corrected chi connectivity index (χ1v) is 9.58. The van der Waals surface area contributed by atoms with Crippen molar-refractivity contribution >= 4 is 35.2 Å². The van der Waals surface area contributed by atoms with Gasteiger partial charge in [-0.3, -0.25) is 0 Å². The lowest BCUT2D eigenvalue weighted by Crippen LogP contribution is -2.10. The van der Waals surface area contributed by atoms with Gasteiger partial charge in [0, 0.05) is 18.8 Å². The van der Waals surface area contributed by atoms with Gasteiger partial charge in [0.15, 0.2) is 0 Å². The van der Waals surface area contributed by atoms with Crippen molar-refractivity contribution in [2.24, 2.45) is 0 Å². The van der Waals surface area contributed by atoms with Crippen molar-refractivity contribution in [1.82, 2.24) is 0 Å². The minimum atomic E-state index is -0.563. The van der Waals surface area contributed by atoms with Crippen LogP contribution in [0.3, 0.4) is 0 Å². The molecule has 2 aromatic carbocycles. The molecule has 0 heterocycles. The minimum Gasteiger partial charge on any atom is -0.463 e. The fourth-order valence-corrected chi connectivity index (χ4v) is 2.55. The molecule has 8 heteroatoms. The van der Waals surface area contributed by atoms with E-state index in [2.05, 4.69) is 11.9 Å². The summed E-state index contributed by atoms with van der Waals surface area (Å²) in [5.41, 5.74) is 1.47. The summed E-state index contributed by atoms with van der Waals surface area (Å²) in [7, 11) is 1.78. The average Bonchev–Trinajstić information content (AvgIpc) is 2.77. The number of hydrogen-bond donors (Lipinski definition) is 1. The van der Waals surface area contributed by atoms with Crippen LogP contribution in [0.2, 0.25) is 5.02 Å². The maximum absolute atomic E-state index is 12.2. The largest absolute Gasteiger partial charge is 0.463 e. The molecule has 0 fully saturated rings. The van der Waals surface area contributed by atoms with E-state index in [4.69, 9.17) is 25.8 Å². The monoisotopic (exact) mass is 431 g/mol. The highest BCUT2D eigenvalue weighted by atomic mass is 35.5. The molecule has 7 nitrogen and oxygen atoms in total. The molecule has 0 aliphatic rings. The molecule has 0 amide bonds. The molecule has 30 heavy (non-hydrogen) atoms. The summed E-state index contributed by atoms with van der Waals surface area (Å²) in [4.78, 5) is 35.2. The van der Waals surface area contributed by atoms with Gasteiger partial charge in [-0.15, -0.1) is 0 Å². The Balaban J connectivity index is 1.84. The number of esters is 3. The van der Waals surface area contributed by atoms with Crippen molar-refractivity contribution in [1.29, 1.82) is 0 Å². The van der Waals surface area contributed by atoms with Crippen molar-refractivity contribution in [3.8, 4) is 5.75 Å². The second-order valence-electron chi connectivity index (χ2n) is 6.08. The predicted octanol–water partition coefficient (Wildman–Crippen LogP) is 4.27. The summed E-state index contributed by atoms with van der Waals surface area (Å²) >= 11 is 6.15. The van der Waals surface area contributed by atoms with Gasteiger partial charge in [-0.05, 0) is 55.3 Å². The Bertz CT molecular complexity index is 910. The number of nitrogens with one attached hydrogen (secondary N) is 1. The van der Waals surface area contributed by atoms with Crippen LogP contribution >= 0.6 is 11.6 Å². The Morgan fingerprint density at radius 3 is 2.20 bits per heavy atom. The van der Waals surface area contributed by atoms with Crippen LogP contribution in [0.4, 0.5) is 5.69 Å². The number of carbonyl (C=O) groups is 3. The number of anilines is 1. The van der Waals surface area contributed by atoms with Crippen LogP contribution < -0.4 is 10.1 Å². The second kappa shape index (κ2) is 11.6. The van der Waals surface area contributed by atoms with Gasteiger partial charge in [-0.25, -0.2) is 14.4 Å². The molecule has 0 radical (unpaired) electrons. The van der Waals surface area contributed by atoms with Gasteiger partial charge in [-0.2, -0.15) is 0 Å². The highest BCUT2D eigenvalue weighted by molar-refractivity contribution is 6.32. The molecule has 0 aliphatic heterocycles. The summed E-state index contributed by atoms with van der Waals surface area (Å²) in [6, 6.07) is 11.0. The van der Waals surface area contributed by atoms with Crippen molar-refractivity contribution in [2.75, 3.05) is 25.6 Å². The molecule has 158 valence electrons. The third-order valence-electron chi connectivity index (χ3n) is 3.96. The summed E-state index contributed by atoms with van der Waals surface area (Å²) in [5.74, 6) is -1.47. The van der Waals surface area contributed by atoms with E-state index in [1.54, 1.807) is 31.3 Å². The van der Waals surface area contributed by atoms with Crippen LogP contribution in [0.15, 0.2) is 55.1 Å². The lowest BCUT2D eigenvalue weighted by Gasteiger charge is -2.09. The molecular weight excluding hydrogens is 410 g/mol. The number of unbranched alkanes of at least 4 members (excludes halogenated alkanes) is 1. The number of benzene rings is 2. The number of ether oxygens (including phenoxy) is 3. The van der Waals surface area contributed by atoms with Gasteiger partial charge >= 0.3 is 17.9 Å². The van der Waals surface area contributed by atoms with E-state index in [0.29, 0.717) is 18.4 Å². The highest BCUT2D eigenvalue weighted by Crippen LogP contribution is 2.27. The summed E-state index contributed by atoms with van der Waals surface area (Å²) in [5, 5.41) is 3.07. The SMILES string of the molecule is C=CC(=O)OCCCCOC(=O)c1ccc(OC(=O)c2ccc(NC)cc2)c(Cl)c1.